The van der Waals surface area contributed by atoms with Gasteiger partial charge in [-0.3, -0.25) is 0 Å². The van der Waals surface area contributed by atoms with Crippen LogP contribution in [-0.2, 0) is 0 Å². The maximum absolute atomic E-state index is 9.16. The maximum atomic E-state index is 9.16. The van der Waals surface area contributed by atoms with Crippen LogP contribution in [0.25, 0.3) is 0 Å². The van der Waals surface area contributed by atoms with Gasteiger partial charge in [-0.25, -0.2) is 4.98 Å². The lowest BCUT2D eigenvalue weighted by molar-refractivity contribution is 1.06. The van der Waals surface area contributed by atoms with Gasteiger partial charge < -0.3 is 5.73 Å². The molecule has 0 saturated carbocycles. The van der Waals surface area contributed by atoms with Crippen molar-refractivity contribution in [1.29, 1.82) is 10.5 Å². The van der Waals surface area contributed by atoms with Gasteiger partial charge in [0.15, 0.2) is 0 Å². The van der Waals surface area contributed by atoms with Crippen molar-refractivity contribution in [2.45, 2.75) is 17.2 Å². The number of nitrogens with two attached hydrogens (primary N) is 1. The van der Waals surface area contributed by atoms with Gasteiger partial charge >= 0.3 is 0 Å². The average molecular weight is 280 g/mol. The molecule has 2 aromatic rings. The van der Waals surface area contributed by atoms with Crippen LogP contribution in [0, 0.1) is 22.7 Å². The number of thioether (sulfide) groups is 1. The molecule has 1 heterocycles. The summed E-state index contributed by atoms with van der Waals surface area (Å²) in [4.78, 5) is 4.18. The highest BCUT2D eigenvalue weighted by Crippen LogP contribution is 2.36. The van der Waals surface area contributed by atoms with Crippen LogP contribution in [0.15, 0.2) is 41.4 Å². The number of anilines is 1. The van der Waals surface area contributed by atoms with Crippen molar-refractivity contribution in [2.75, 3.05) is 5.73 Å². The lowest BCUT2D eigenvalue weighted by Gasteiger charge is -2.12. The van der Waals surface area contributed by atoms with E-state index in [0.717, 1.165) is 5.56 Å². The van der Waals surface area contributed by atoms with Gasteiger partial charge in [-0.15, -0.1) is 0 Å². The zero-order chi connectivity index (χ0) is 14.5. The summed E-state index contributed by atoms with van der Waals surface area (Å²) in [6.45, 7) is 2.04. The lowest BCUT2D eigenvalue weighted by atomic mass is 10.2. The smallest absolute Gasteiger partial charge is 0.142 e. The lowest BCUT2D eigenvalue weighted by Crippen LogP contribution is -2.00. The zero-order valence-corrected chi connectivity index (χ0v) is 11.7. The molecule has 0 aliphatic rings. The summed E-state index contributed by atoms with van der Waals surface area (Å²) < 4.78 is 0. The number of hydrogen-bond donors (Lipinski definition) is 1. The zero-order valence-electron chi connectivity index (χ0n) is 10.9. The van der Waals surface area contributed by atoms with E-state index in [1.165, 1.54) is 17.8 Å². The van der Waals surface area contributed by atoms with Gasteiger partial charge in [0.2, 0.25) is 0 Å². The van der Waals surface area contributed by atoms with Gasteiger partial charge in [0.25, 0.3) is 0 Å². The number of nitrogen functional groups attached to an aromatic ring is 1. The molecule has 0 amide bonds. The molecule has 1 aromatic heterocycles. The molecule has 1 atom stereocenters. The van der Waals surface area contributed by atoms with Crippen molar-refractivity contribution in [1.82, 2.24) is 4.98 Å². The minimum absolute atomic E-state index is 0.142. The standard InChI is InChI=1S/C15H12N4S/c1-10(11-5-3-2-4-6-11)20-15-13(9-17)7-12(8-16)14(18)19-15/h2-7,10H,1H3,(H2,18,19). The summed E-state index contributed by atoms with van der Waals surface area (Å²) in [6.07, 6.45) is 0. The van der Waals surface area contributed by atoms with Gasteiger partial charge in [0.1, 0.15) is 23.0 Å². The summed E-state index contributed by atoms with van der Waals surface area (Å²) in [7, 11) is 0. The first-order valence-electron chi connectivity index (χ1n) is 5.98. The van der Waals surface area contributed by atoms with Gasteiger partial charge in [0.05, 0.1) is 11.1 Å². The van der Waals surface area contributed by atoms with Crippen molar-refractivity contribution in [2.24, 2.45) is 0 Å². The summed E-state index contributed by atoms with van der Waals surface area (Å²) in [6, 6.07) is 15.4. The molecule has 5 heteroatoms. The third kappa shape index (κ3) is 2.90. The van der Waals surface area contributed by atoms with Crippen molar-refractivity contribution in [3.63, 3.8) is 0 Å². The normalized spacial score (nSPS) is 11.3. The van der Waals surface area contributed by atoms with Crippen LogP contribution in [0.1, 0.15) is 28.9 Å². The maximum Gasteiger partial charge on any atom is 0.142 e. The fourth-order valence-corrected chi connectivity index (χ4v) is 2.74. The number of pyridine rings is 1. The minimum atomic E-state index is 0.142. The highest BCUT2D eigenvalue weighted by molar-refractivity contribution is 7.99. The summed E-state index contributed by atoms with van der Waals surface area (Å²) in [5, 5.41) is 18.8. The molecule has 0 spiro atoms. The van der Waals surface area contributed by atoms with E-state index in [4.69, 9.17) is 16.3 Å². The number of rotatable bonds is 3. The van der Waals surface area contributed by atoms with E-state index in [1.54, 1.807) is 0 Å². The molecule has 98 valence electrons. The summed E-state index contributed by atoms with van der Waals surface area (Å²) in [5.41, 5.74) is 7.47. The Hall–Kier alpha value is -2.50. The molecule has 0 bridgehead atoms. The van der Waals surface area contributed by atoms with Crippen molar-refractivity contribution < 1.29 is 0 Å². The molecule has 0 saturated heterocycles. The Labute approximate surface area is 121 Å². The van der Waals surface area contributed by atoms with Crippen molar-refractivity contribution in [3.8, 4) is 12.1 Å². The van der Waals surface area contributed by atoms with Gasteiger partial charge in [0, 0.05) is 5.25 Å². The topological polar surface area (TPSA) is 86.5 Å². The molecule has 0 radical (unpaired) electrons. The molecule has 0 aliphatic heterocycles. The van der Waals surface area contributed by atoms with E-state index < -0.39 is 0 Å². The first-order chi connectivity index (χ1) is 9.65. The molecule has 4 nitrogen and oxygen atoms in total. The van der Waals surface area contributed by atoms with Crippen molar-refractivity contribution in [3.05, 3.63) is 53.1 Å². The third-order valence-corrected chi connectivity index (χ3v) is 3.98. The van der Waals surface area contributed by atoms with Crippen LogP contribution in [-0.4, -0.2) is 4.98 Å². The molecule has 0 fully saturated rings. The monoisotopic (exact) mass is 280 g/mol. The molecule has 1 unspecified atom stereocenters. The van der Waals surface area contributed by atoms with E-state index in [0.29, 0.717) is 10.6 Å². The largest absolute Gasteiger partial charge is 0.383 e. The summed E-state index contributed by atoms with van der Waals surface area (Å²) in [5.74, 6) is 0.161. The highest BCUT2D eigenvalue weighted by Gasteiger charge is 2.14. The minimum Gasteiger partial charge on any atom is -0.383 e. The van der Waals surface area contributed by atoms with Crippen molar-refractivity contribution >= 4 is 17.6 Å². The third-order valence-electron chi connectivity index (χ3n) is 2.82. The quantitative estimate of drug-likeness (QED) is 0.872. The molecule has 0 aliphatic carbocycles. The van der Waals surface area contributed by atoms with Crippen LogP contribution < -0.4 is 5.73 Å². The molecular weight excluding hydrogens is 268 g/mol. The second kappa shape index (κ2) is 6.10. The predicted molar refractivity (Wildman–Crippen MR) is 78.8 cm³/mol. The van der Waals surface area contributed by atoms with Crippen LogP contribution in [0.4, 0.5) is 5.82 Å². The van der Waals surface area contributed by atoms with Gasteiger partial charge in [-0.2, -0.15) is 10.5 Å². The first-order valence-corrected chi connectivity index (χ1v) is 6.86. The van der Waals surface area contributed by atoms with E-state index in [9.17, 15) is 0 Å². The Kier molecular flexibility index (Phi) is 4.24. The average Bonchev–Trinajstić information content (AvgIpc) is 2.48. The van der Waals surface area contributed by atoms with Gasteiger partial charge in [-0.1, -0.05) is 42.1 Å². The van der Waals surface area contributed by atoms with Crippen LogP contribution in [0.3, 0.4) is 0 Å². The first kappa shape index (κ1) is 13.9. The van der Waals surface area contributed by atoms with E-state index in [1.807, 2.05) is 43.3 Å². The van der Waals surface area contributed by atoms with Crippen LogP contribution >= 0.6 is 11.8 Å². The molecule has 20 heavy (non-hydrogen) atoms. The Morgan fingerprint density at radius 1 is 1.15 bits per heavy atom. The fraction of sp³-hybridized carbons (Fsp3) is 0.133. The van der Waals surface area contributed by atoms with Gasteiger partial charge in [-0.05, 0) is 18.6 Å². The van der Waals surface area contributed by atoms with E-state index in [2.05, 4.69) is 11.1 Å². The second-order valence-electron chi connectivity index (χ2n) is 4.17. The molecule has 2 rings (SSSR count). The SMILES string of the molecule is CC(Sc1nc(N)c(C#N)cc1C#N)c1ccccc1. The number of hydrogen-bond acceptors (Lipinski definition) is 5. The molecule has 2 N–H and O–H groups in total. The number of nitrogens with zero attached hydrogens (tertiary/aromatic N) is 3. The number of benzene rings is 1. The Balaban J connectivity index is 2.33. The van der Waals surface area contributed by atoms with Crippen LogP contribution in [0.2, 0.25) is 0 Å². The highest BCUT2D eigenvalue weighted by atomic mass is 32.2. The molecule has 1 aromatic carbocycles. The Morgan fingerprint density at radius 2 is 1.80 bits per heavy atom. The van der Waals surface area contributed by atoms with E-state index in [-0.39, 0.29) is 16.6 Å². The summed E-state index contributed by atoms with van der Waals surface area (Å²) >= 11 is 1.46. The number of nitriles is 2. The number of aromatic nitrogens is 1. The fourth-order valence-electron chi connectivity index (χ4n) is 1.73. The Bertz CT molecular complexity index is 698. The second-order valence-corrected chi connectivity index (χ2v) is 5.50. The van der Waals surface area contributed by atoms with Crippen LogP contribution in [0.5, 0.6) is 0 Å². The predicted octanol–water partition coefficient (Wildman–Crippen LogP) is 3.26. The Morgan fingerprint density at radius 3 is 2.40 bits per heavy atom. The van der Waals surface area contributed by atoms with E-state index >= 15 is 0 Å². The molecular formula is C15H12N4S.